The average Bonchev–Trinajstić information content (AvgIpc) is 3.19. The Kier molecular flexibility index (Phi) is 4.62. The van der Waals surface area contributed by atoms with Gasteiger partial charge in [-0.15, -0.1) is 0 Å². The van der Waals surface area contributed by atoms with Crippen molar-refractivity contribution in [3.8, 4) is 28.1 Å². The summed E-state index contributed by atoms with van der Waals surface area (Å²) in [5, 5.41) is 4.47. The molecule has 5 nitrogen and oxygen atoms in total. The predicted molar refractivity (Wildman–Crippen MR) is 119 cm³/mol. The van der Waals surface area contributed by atoms with Gasteiger partial charge in [-0.2, -0.15) is 5.10 Å². The molecule has 0 fully saturated rings. The van der Waals surface area contributed by atoms with Crippen molar-refractivity contribution in [3.05, 3.63) is 103 Å². The Balaban J connectivity index is 1.51. The number of nitrogens with two attached hydrogens (primary N) is 1. The Morgan fingerprint density at radius 3 is 2.20 bits per heavy atom. The second-order valence-electron chi connectivity index (χ2n) is 7.02. The van der Waals surface area contributed by atoms with Crippen molar-refractivity contribution in [1.29, 1.82) is 0 Å². The molecule has 2 aromatic heterocycles. The highest BCUT2D eigenvalue weighted by Crippen LogP contribution is 2.33. The van der Waals surface area contributed by atoms with Gasteiger partial charge in [-0.05, 0) is 23.3 Å². The number of ether oxygens (including phenoxy) is 1. The van der Waals surface area contributed by atoms with Crippen molar-refractivity contribution in [2.24, 2.45) is 0 Å². The van der Waals surface area contributed by atoms with E-state index in [4.69, 9.17) is 10.5 Å². The van der Waals surface area contributed by atoms with Gasteiger partial charge in [0, 0.05) is 17.3 Å². The highest BCUT2D eigenvalue weighted by atomic mass is 16.5. The molecular weight excluding hydrogens is 372 g/mol. The first kappa shape index (κ1) is 17.9. The molecule has 0 aliphatic carbocycles. The predicted octanol–water partition coefficient (Wildman–Crippen LogP) is 5.22. The summed E-state index contributed by atoms with van der Waals surface area (Å²) in [6, 6.07) is 28.3. The van der Waals surface area contributed by atoms with E-state index in [1.165, 1.54) is 0 Å². The SMILES string of the molecule is Nc1cnn2c(-c3ccccc3)c(-c3ccc(OCc4ccccc4)cc3)cnc12. The third-order valence-electron chi connectivity index (χ3n) is 5.01. The number of fused-ring (bicyclic) bond motifs is 1. The molecular formula is C25H20N4O. The fourth-order valence-electron chi connectivity index (χ4n) is 3.51. The molecule has 0 radical (unpaired) electrons. The molecule has 0 bridgehead atoms. The molecule has 0 aliphatic rings. The van der Waals surface area contributed by atoms with E-state index in [2.05, 4.69) is 34.3 Å². The standard InChI is InChI=1S/C25H20N4O/c26-23-16-28-29-24(20-9-5-2-6-10-20)22(15-27-25(23)29)19-11-13-21(14-12-19)30-17-18-7-3-1-4-8-18/h1-16H,17,26H2. The summed E-state index contributed by atoms with van der Waals surface area (Å²) in [5.74, 6) is 0.821. The van der Waals surface area contributed by atoms with E-state index >= 15 is 0 Å². The van der Waals surface area contributed by atoms with Gasteiger partial charge in [-0.25, -0.2) is 9.50 Å². The van der Waals surface area contributed by atoms with E-state index in [0.717, 1.165) is 33.7 Å². The molecule has 5 aromatic rings. The van der Waals surface area contributed by atoms with Crippen LogP contribution in [0.15, 0.2) is 97.3 Å². The second-order valence-corrected chi connectivity index (χ2v) is 7.02. The monoisotopic (exact) mass is 392 g/mol. The van der Waals surface area contributed by atoms with Crippen LogP contribution in [-0.4, -0.2) is 14.6 Å². The first-order chi connectivity index (χ1) is 14.8. The number of nitrogen functional groups attached to an aromatic ring is 1. The van der Waals surface area contributed by atoms with E-state index in [9.17, 15) is 0 Å². The Labute approximate surface area is 174 Å². The molecule has 0 spiro atoms. The lowest BCUT2D eigenvalue weighted by molar-refractivity contribution is 0.306. The van der Waals surface area contributed by atoms with Gasteiger partial charge in [-0.1, -0.05) is 72.8 Å². The van der Waals surface area contributed by atoms with Crippen molar-refractivity contribution >= 4 is 11.3 Å². The van der Waals surface area contributed by atoms with Crippen molar-refractivity contribution < 1.29 is 4.74 Å². The number of anilines is 1. The van der Waals surface area contributed by atoms with Crippen molar-refractivity contribution in [3.63, 3.8) is 0 Å². The van der Waals surface area contributed by atoms with E-state index in [-0.39, 0.29) is 0 Å². The van der Waals surface area contributed by atoms with Crippen LogP contribution in [-0.2, 0) is 6.61 Å². The highest BCUT2D eigenvalue weighted by molar-refractivity contribution is 5.83. The quantitative estimate of drug-likeness (QED) is 0.445. The largest absolute Gasteiger partial charge is 0.489 e. The van der Waals surface area contributed by atoms with Gasteiger partial charge >= 0.3 is 0 Å². The fourth-order valence-corrected chi connectivity index (χ4v) is 3.51. The van der Waals surface area contributed by atoms with Crippen LogP contribution in [0, 0.1) is 0 Å². The normalized spacial score (nSPS) is 10.9. The van der Waals surface area contributed by atoms with Gasteiger partial charge in [0.05, 0.1) is 17.6 Å². The number of hydrogen-bond donors (Lipinski definition) is 1. The number of nitrogens with zero attached hydrogens (tertiary/aromatic N) is 3. The summed E-state index contributed by atoms with van der Waals surface area (Å²) >= 11 is 0. The minimum absolute atomic E-state index is 0.537. The number of aromatic nitrogens is 3. The van der Waals surface area contributed by atoms with Crippen LogP contribution in [0.3, 0.4) is 0 Å². The van der Waals surface area contributed by atoms with Crippen LogP contribution in [0.1, 0.15) is 5.56 Å². The lowest BCUT2D eigenvalue weighted by Crippen LogP contribution is -2.00. The highest BCUT2D eigenvalue weighted by Gasteiger charge is 2.15. The molecule has 0 atom stereocenters. The first-order valence-electron chi connectivity index (χ1n) is 9.74. The van der Waals surface area contributed by atoms with Crippen LogP contribution < -0.4 is 10.5 Å². The second kappa shape index (κ2) is 7.72. The zero-order chi connectivity index (χ0) is 20.3. The Hall–Kier alpha value is -4.12. The Morgan fingerprint density at radius 2 is 1.47 bits per heavy atom. The van der Waals surface area contributed by atoms with E-state index < -0.39 is 0 Å². The van der Waals surface area contributed by atoms with Gasteiger partial charge in [0.15, 0.2) is 5.65 Å². The molecule has 0 saturated heterocycles. The lowest BCUT2D eigenvalue weighted by atomic mass is 10.0. The molecule has 2 heterocycles. The minimum Gasteiger partial charge on any atom is -0.489 e. The average molecular weight is 392 g/mol. The number of rotatable bonds is 5. The molecule has 5 rings (SSSR count). The van der Waals surface area contributed by atoms with Crippen molar-refractivity contribution in [2.45, 2.75) is 6.61 Å². The lowest BCUT2D eigenvalue weighted by Gasteiger charge is -2.13. The summed E-state index contributed by atoms with van der Waals surface area (Å²) < 4.78 is 7.73. The van der Waals surface area contributed by atoms with E-state index in [1.807, 2.05) is 66.9 Å². The Bertz CT molecular complexity index is 1280. The van der Waals surface area contributed by atoms with Crippen LogP contribution >= 0.6 is 0 Å². The van der Waals surface area contributed by atoms with Crippen LogP contribution in [0.4, 0.5) is 5.69 Å². The van der Waals surface area contributed by atoms with E-state index in [0.29, 0.717) is 17.9 Å². The van der Waals surface area contributed by atoms with Gasteiger partial charge in [-0.3, -0.25) is 0 Å². The topological polar surface area (TPSA) is 65.4 Å². The smallest absolute Gasteiger partial charge is 0.178 e. The molecule has 146 valence electrons. The molecule has 2 N–H and O–H groups in total. The molecule has 0 unspecified atom stereocenters. The molecule has 0 amide bonds. The Morgan fingerprint density at radius 1 is 0.767 bits per heavy atom. The first-order valence-corrected chi connectivity index (χ1v) is 9.74. The van der Waals surface area contributed by atoms with Gasteiger partial charge < -0.3 is 10.5 Å². The van der Waals surface area contributed by atoms with Crippen LogP contribution in [0.2, 0.25) is 0 Å². The van der Waals surface area contributed by atoms with Gasteiger partial charge in [0.2, 0.25) is 0 Å². The molecule has 5 heteroatoms. The summed E-state index contributed by atoms with van der Waals surface area (Å²) in [7, 11) is 0. The third kappa shape index (κ3) is 3.37. The van der Waals surface area contributed by atoms with Crippen LogP contribution in [0.5, 0.6) is 5.75 Å². The summed E-state index contributed by atoms with van der Waals surface area (Å²) in [5.41, 5.74) is 12.4. The maximum Gasteiger partial charge on any atom is 0.178 e. The molecule has 30 heavy (non-hydrogen) atoms. The minimum atomic E-state index is 0.537. The third-order valence-corrected chi connectivity index (χ3v) is 5.01. The van der Waals surface area contributed by atoms with Crippen molar-refractivity contribution in [2.75, 3.05) is 5.73 Å². The van der Waals surface area contributed by atoms with Gasteiger partial charge in [0.25, 0.3) is 0 Å². The summed E-state index contributed by atoms with van der Waals surface area (Å²) in [4.78, 5) is 4.55. The number of hydrogen-bond acceptors (Lipinski definition) is 4. The summed E-state index contributed by atoms with van der Waals surface area (Å²) in [6.45, 7) is 0.537. The van der Waals surface area contributed by atoms with Crippen molar-refractivity contribution in [1.82, 2.24) is 14.6 Å². The molecule has 0 saturated carbocycles. The molecule has 0 aliphatic heterocycles. The fraction of sp³-hybridized carbons (Fsp3) is 0.0400. The maximum absolute atomic E-state index is 6.05. The van der Waals surface area contributed by atoms with Gasteiger partial charge in [0.1, 0.15) is 12.4 Å². The zero-order valence-electron chi connectivity index (χ0n) is 16.3. The van der Waals surface area contributed by atoms with E-state index in [1.54, 1.807) is 10.7 Å². The van der Waals surface area contributed by atoms with Crippen LogP contribution in [0.25, 0.3) is 28.0 Å². The summed E-state index contributed by atoms with van der Waals surface area (Å²) in [6.07, 6.45) is 3.49. The number of benzene rings is 3. The maximum atomic E-state index is 6.05. The zero-order valence-corrected chi connectivity index (χ0v) is 16.3. The molecule has 3 aromatic carbocycles.